The number of piperidine rings is 2. The Morgan fingerprint density at radius 3 is 2.42 bits per heavy atom. The van der Waals surface area contributed by atoms with Gasteiger partial charge in [0, 0.05) is 19.1 Å². The fraction of sp³-hybridized carbons (Fsp3) is 0.423. The van der Waals surface area contributed by atoms with Crippen molar-refractivity contribution in [2.45, 2.75) is 43.0 Å². The molecule has 10 heteroatoms. The molecule has 2 aliphatic heterocycles. The van der Waals surface area contributed by atoms with Gasteiger partial charge in [-0.25, -0.2) is 0 Å². The summed E-state index contributed by atoms with van der Waals surface area (Å²) in [6.07, 6.45) is 6.21. The third-order valence-corrected chi connectivity index (χ3v) is 7.67. The maximum absolute atomic E-state index is 12.0. The molecule has 0 unspecified atom stereocenters. The van der Waals surface area contributed by atoms with Crippen LogP contribution in [0.3, 0.4) is 0 Å². The van der Waals surface area contributed by atoms with E-state index in [1.54, 1.807) is 18.2 Å². The van der Waals surface area contributed by atoms with Gasteiger partial charge in [0.2, 0.25) is 5.89 Å². The number of anilines is 2. The summed E-state index contributed by atoms with van der Waals surface area (Å²) in [5.74, 6) is 0.0561. The maximum atomic E-state index is 12.0. The first-order chi connectivity index (χ1) is 17.5. The first kappa shape index (κ1) is 25.3. The Bertz CT molecular complexity index is 1200. The predicted octanol–water partition coefficient (Wildman–Crippen LogP) is 6.25. The fourth-order valence-corrected chi connectivity index (χ4v) is 5.50. The van der Waals surface area contributed by atoms with Crippen LogP contribution < -0.4 is 10.2 Å². The molecule has 1 N–H and O–H groups in total. The molecule has 0 atom stereocenters. The second kappa shape index (κ2) is 11.4. The van der Waals surface area contributed by atoms with Gasteiger partial charge in [-0.2, -0.15) is 0 Å². The Morgan fingerprint density at radius 2 is 1.67 bits per heavy atom. The second-order valence-corrected chi connectivity index (χ2v) is 10.7. The number of nitrogens with one attached hydrogen (secondary N) is 1. The van der Waals surface area contributed by atoms with Gasteiger partial charge in [-0.1, -0.05) is 59.4 Å². The summed E-state index contributed by atoms with van der Waals surface area (Å²) in [6.45, 7) is 4.33. The standard InChI is InChI=1S/C26H28Cl3N5O2/c27-19-8-6-10-21(34-15-11-17(12-16-34)33-13-4-1-5-14-33)22(19)26-32-31-25(36-26)18-7-2-3-9-20(18)30-24(35)23(28)29/h2-3,6-10,17,23H,1,4-5,11-16H2,(H,30,35). The molecule has 190 valence electrons. The van der Waals surface area contributed by atoms with Crippen LogP contribution in [0.5, 0.6) is 0 Å². The maximum Gasteiger partial charge on any atom is 0.257 e. The summed E-state index contributed by atoms with van der Waals surface area (Å²) in [6, 6.07) is 13.6. The van der Waals surface area contributed by atoms with Crippen LogP contribution in [0.25, 0.3) is 22.9 Å². The van der Waals surface area contributed by atoms with E-state index >= 15 is 0 Å². The Morgan fingerprint density at radius 1 is 0.944 bits per heavy atom. The first-order valence-corrected chi connectivity index (χ1v) is 13.6. The Hall–Kier alpha value is -2.32. The summed E-state index contributed by atoms with van der Waals surface area (Å²) >= 11 is 18.1. The van der Waals surface area contributed by atoms with E-state index < -0.39 is 10.7 Å². The molecule has 0 saturated carbocycles. The number of hydrogen-bond donors (Lipinski definition) is 1. The van der Waals surface area contributed by atoms with E-state index in [1.165, 1.54) is 32.4 Å². The molecular formula is C26H28Cl3N5O2. The molecule has 1 aromatic heterocycles. The number of carbonyl (C=O) groups is 1. The zero-order valence-electron chi connectivity index (χ0n) is 19.8. The Kier molecular flexibility index (Phi) is 8.01. The number of hydrogen-bond acceptors (Lipinski definition) is 6. The molecule has 2 aromatic carbocycles. The van der Waals surface area contributed by atoms with E-state index in [0.717, 1.165) is 37.2 Å². The SMILES string of the molecule is O=C(Nc1ccccc1-c1nnc(-c2c(Cl)cccc2N2CCC(N3CCCCC3)CC2)o1)C(Cl)Cl. The first-order valence-electron chi connectivity index (χ1n) is 12.3. The highest BCUT2D eigenvalue weighted by atomic mass is 35.5. The monoisotopic (exact) mass is 547 g/mol. The highest BCUT2D eigenvalue weighted by Crippen LogP contribution is 2.39. The smallest absolute Gasteiger partial charge is 0.257 e. The minimum absolute atomic E-state index is 0.260. The van der Waals surface area contributed by atoms with Crippen LogP contribution in [0, 0.1) is 0 Å². The van der Waals surface area contributed by atoms with Gasteiger partial charge in [0.1, 0.15) is 0 Å². The zero-order chi connectivity index (χ0) is 25.1. The highest BCUT2D eigenvalue weighted by molar-refractivity contribution is 6.54. The molecule has 0 aliphatic carbocycles. The number of rotatable bonds is 6. The number of benzene rings is 2. The van der Waals surface area contributed by atoms with E-state index in [1.807, 2.05) is 18.2 Å². The van der Waals surface area contributed by atoms with E-state index in [-0.39, 0.29) is 5.89 Å². The quantitative estimate of drug-likeness (QED) is 0.367. The molecule has 5 rings (SSSR count). The van der Waals surface area contributed by atoms with Crippen molar-refractivity contribution in [3.8, 4) is 22.9 Å². The van der Waals surface area contributed by atoms with E-state index in [9.17, 15) is 4.79 Å². The molecule has 36 heavy (non-hydrogen) atoms. The van der Waals surface area contributed by atoms with Crippen molar-refractivity contribution in [2.75, 3.05) is 36.4 Å². The van der Waals surface area contributed by atoms with Gasteiger partial charge in [0.05, 0.1) is 27.5 Å². The summed E-state index contributed by atoms with van der Waals surface area (Å²) < 4.78 is 6.11. The van der Waals surface area contributed by atoms with Crippen molar-refractivity contribution in [1.29, 1.82) is 0 Å². The normalized spacial score (nSPS) is 17.5. The number of aromatic nitrogens is 2. The Labute approximate surface area is 225 Å². The molecule has 3 heterocycles. The van der Waals surface area contributed by atoms with Crippen LogP contribution >= 0.6 is 34.8 Å². The third-order valence-electron chi connectivity index (χ3n) is 6.96. The average molecular weight is 549 g/mol. The number of nitrogens with zero attached hydrogens (tertiary/aromatic N) is 4. The summed E-state index contributed by atoms with van der Waals surface area (Å²) in [4.78, 5) is 15.9. The van der Waals surface area contributed by atoms with Crippen LogP contribution in [-0.4, -0.2) is 58.1 Å². The molecule has 0 bridgehead atoms. The van der Waals surface area contributed by atoms with E-state index in [4.69, 9.17) is 39.2 Å². The number of alkyl halides is 2. The van der Waals surface area contributed by atoms with Crippen molar-refractivity contribution in [3.05, 3.63) is 47.5 Å². The number of para-hydroxylation sites is 1. The lowest BCUT2D eigenvalue weighted by Crippen LogP contribution is -2.46. The largest absolute Gasteiger partial charge is 0.416 e. The van der Waals surface area contributed by atoms with Crippen LogP contribution in [0.2, 0.25) is 5.02 Å². The number of amides is 1. The average Bonchev–Trinajstić information content (AvgIpc) is 3.39. The molecule has 2 aliphatic rings. The molecule has 0 radical (unpaired) electrons. The minimum atomic E-state index is -1.19. The van der Waals surface area contributed by atoms with Gasteiger partial charge in [0.15, 0.2) is 4.84 Å². The van der Waals surface area contributed by atoms with E-state index in [2.05, 4.69) is 31.4 Å². The van der Waals surface area contributed by atoms with Crippen molar-refractivity contribution in [1.82, 2.24) is 15.1 Å². The summed E-state index contributed by atoms with van der Waals surface area (Å²) in [5, 5.41) is 11.8. The topological polar surface area (TPSA) is 74.5 Å². The van der Waals surface area contributed by atoms with Crippen molar-refractivity contribution >= 4 is 52.1 Å². The van der Waals surface area contributed by atoms with Gasteiger partial charge in [-0.3, -0.25) is 4.79 Å². The predicted molar refractivity (Wildman–Crippen MR) is 145 cm³/mol. The van der Waals surface area contributed by atoms with Crippen LogP contribution in [0.4, 0.5) is 11.4 Å². The van der Waals surface area contributed by atoms with Crippen molar-refractivity contribution in [3.63, 3.8) is 0 Å². The molecule has 7 nitrogen and oxygen atoms in total. The summed E-state index contributed by atoms with van der Waals surface area (Å²) in [7, 11) is 0. The lowest BCUT2D eigenvalue weighted by Gasteiger charge is -2.41. The number of carbonyl (C=O) groups excluding carboxylic acids is 1. The van der Waals surface area contributed by atoms with Crippen molar-refractivity contribution in [2.24, 2.45) is 0 Å². The fourth-order valence-electron chi connectivity index (χ4n) is 5.14. The highest BCUT2D eigenvalue weighted by Gasteiger charge is 2.28. The molecule has 1 amide bonds. The summed E-state index contributed by atoms with van der Waals surface area (Å²) in [5.41, 5.74) is 2.75. The van der Waals surface area contributed by atoms with E-state index in [0.29, 0.717) is 28.2 Å². The van der Waals surface area contributed by atoms with Gasteiger partial charge >= 0.3 is 0 Å². The van der Waals surface area contributed by atoms with Gasteiger partial charge in [-0.15, -0.1) is 10.2 Å². The molecule has 0 spiro atoms. The minimum Gasteiger partial charge on any atom is -0.416 e. The Balaban J connectivity index is 1.38. The van der Waals surface area contributed by atoms with Crippen LogP contribution in [0.1, 0.15) is 32.1 Å². The van der Waals surface area contributed by atoms with Crippen LogP contribution in [0.15, 0.2) is 46.9 Å². The number of halogens is 3. The third kappa shape index (κ3) is 5.49. The number of likely N-dealkylation sites (tertiary alicyclic amines) is 1. The van der Waals surface area contributed by atoms with Gasteiger partial charge < -0.3 is 19.5 Å². The second-order valence-electron chi connectivity index (χ2n) is 9.20. The molecule has 2 fully saturated rings. The molecule has 2 saturated heterocycles. The van der Waals surface area contributed by atoms with Crippen molar-refractivity contribution < 1.29 is 9.21 Å². The lowest BCUT2D eigenvalue weighted by atomic mass is 9.99. The zero-order valence-corrected chi connectivity index (χ0v) is 22.1. The molecular weight excluding hydrogens is 521 g/mol. The lowest BCUT2D eigenvalue weighted by molar-refractivity contribution is -0.114. The molecule has 3 aromatic rings. The van der Waals surface area contributed by atoms with Gasteiger partial charge in [-0.05, 0) is 63.0 Å². The van der Waals surface area contributed by atoms with Crippen LogP contribution in [-0.2, 0) is 4.79 Å². The van der Waals surface area contributed by atoms with Gasteiger partial charge in [0.25, 0.3) is 11.8 Å².